The molecule has 1 aliphatic rings. The number of imidazole rings is 1. The standard InChI is InChI=1S/C23H35N5O/c1-4-19(5-2)22(27-13-6-7-14-27)16-25-23(29)26-18(3)20-8-10-21(11-9-20)28-15-12-24-17-28/h8-12,15,17-19,22H,4-7,13-14,16H2,1-3H3,(H2,25,26,29). The molecule has 6 heteroatoms. The van der Waals surface area contributed by atoms with Gasteiger partial charge in [0.1, 0.15) is 0 Å². The highest BCUT2D eigenvalue weighted by molar-refractivity contribution is 5.74. The van der Waals surface area contributed by atoms with Gasteiger partial charge in [-0.1, -0.05) is 38.8 Å². The third-order valence-electron chi connectivity index (χ3n) is 6.22. The molecule has 29 heavy (non-hydrogen) atoms. The third-order valence-corrected chi connectivity index (χ3v) is 6.22. The molecule has 3 rings (SSSR count). The van der Waals surface area contributed by atoms with Gasteiger partial charge in [0.05, 0.1) is 12.4 Å². The van der Waals surface area contributed by atoms with Crippen LogP contribution in [0.5, 0.6) is 0 Å². The lowest BCUT2D eigenvalue weighted by Gasteiger charge is -2.34. The van der Waals surface area contributed by atoms with Gasteiger partial charge in [0.15, 0.2) is 0 Å². The Balaban J connectivity index is 1.53. The summed E-state index contributed by atoms with van der Waals surface area (Å²) in [6.45, 7) is 9.56. The van der Waals surface area contributed by atoms with E-state index in [1.54, 1.807) is 12.5 Å². The highest BCUT2D eigenvalue weighted by atomic mass is 16.2. The summed E-state index contributed by atoms with van der Waals surface area (Å²) in [5.41, 5.74) is 2.14. The Morgan fingerprint density at radius 3 is 2.41 bits per heavy atom. The van der Waals surface area contributed by atoms with Gasteiger partial charge in [-0.25, -0.2) is 9.78 Å². The van der Waals surface area contributed by atoms with Gasteiger partial charge in [-0.15, -0.1) is 0 Å². The number of aromatic nitrogens is 2. The first-order chi connectivity index (χ1) is 14.1. The van der Waals surface area contributed by atoms with E-state index in [9.17, 15) is 4.79 Å². The van der Waals surface area contributed by atoms with Gasteiger partial charge in [-0.3, -0.25) is 4.90 Å². The van der Waals surface area contributed by atoms with Gasteiger partial charge in [0.2, 0.25) is 0 Å². The van der Waals surface area contributed by atoms with Crippen LogP contribution in [-0.2, 0) is 0 Å². The first-order valence-corrected chi connectivity index (χ1v) is 11.0. The lowest BCUT2D eigenvalue weighted by Crippen LogP contribution is -2.49. The molecule has 2 aromatic rings. The fourth-order valence-electron chi connectivity index (χ4n) is 4.38. The molecular weight excluding hydrogens is 362 g/mol. The molecule has 1 fully saturated rings. The average molecular weight is 398 g/mol. The van der Waals surface area contributed by atoms with Crippen molar-refractivity contribution in [1.82, 2.24) is 25.1 Å². The minimum atomic E-state index is -0.0914. The Kier molecular flexibility index (Phi) is 7.69. The molecule has 1 aromatic carbocycles. The van der Waals surface area contributed by atoms with Crippen LogP contribution in [0.25, 0.3) is 5.69 Å². The molecule has 2 atom stereocenters. The van der Waals surface area contributed by atoms with Crippen LogP contribution in [0.3, 0.4) is 0 Å². The van der Waals surface area contributed by atoms with Crippen LogP contribution in [-0.4, -0.2) is 46.2 Å². The Morgan fingerprint density at radius 1 is 1.14 bits per heavy atom. The molecule has 0 bridgehead atoms. The van der Waals surface area contributed by atoms with Crippen LogP contribution in [0.2, 0.25) is 0 Å². The number of hydrogen-bond donors (Lipinski definition) is 2. The van der Waals surface area contributed by atoms with Gasteiger partial charge < -0.3 is 15.2 Å². The number of benzene rings is 1. The summed E-state index contributed by atoms with van der Waals surface area (Å²) < 4.78 is 1.96. The normalized spacial score (nSPS) is 16.7. The maximum absolute atomic E-state index is 12.5. The van der Waals surface area contributed by atoms with Gasteiger partial charge in [0, 0.05) is 30.7 Å². The molecule has 0 aliphatic carbocycles. The van der Waals surface area contributed by atoms with Crippen molar-refractivity contribution >= 4 is 6.03 Å². The lowest BCUT2D eigenvalue weighted by atomic mass is 9.93. The van der Waals surface area contributed by atoms with Crippen molar-refractivity contribution in [3.8, 4) is 5.69 Å². The molecule has 2 unspecified atom stereocenters. The molecule has 2 heterocycles. The molecule has 2 N–H and O–H groups in total. The summed E-state index contributed by atoms with van der Waals surface area (Å²) in [4.78, 5) is 19.2. The monoisotopic (exact) mass is 397 g/mol. The zero-order chi connectivity index (χ0) is 20.6. The van der Waals surface area contributed by atoms with Crippen LogP contribution >= 0.6 is 0 Å². The van der Waals surface area contributed by atoms with Crippen LogP contribution in [0, 0.1) is 5.92 Å². The molecule has 1 aromatic heterocycles. The summed E-state index contributed by atoms with van der Waals surface area (Å²) in [6, 6.07) is 8.49. The van der Waals surface area contributed by atoms with Gasteiger partial charge >= 0.3 is 6.03 Å². The maximum atomic E-state index is 12.5. The lowest BCUT2D eigenvalue weighted by molar-refractivity contribution is 0.161. The fraction of sp³-hybridized carbons (Fsp3) is 0.565. The van der Waals surface area contributed by atoms with E-state index in [0.717, 1.165) is 37.2 Å². The van der Waals surface area contributed by atoms with Gasteiger partial charge in [-0.05, 0) is 56.5 Å². The number of carbonyl (C=O) groups excluding carboxylic acids is 1. The molecule has 2 amide bonds. The van der Waals surface area contributed by atoms with Gasteiger partial charge in [-0.2, -0.15) is 0 Å². The van der Waals surface area contributed by atoms with Crippen LogP contribution in [0.4, 0.5) is 4.79 Å². The molecule has 0 radical (unpaired) electrons. The van der Waals surface area contributed by atoms with E-state index >= 15 is 0 Å². The molecule has 158 valence electrons. The molecule has 0 saturated carbocycles. The number of rotatable bonds is 9. The Bertz CT molecular complexity index is 731. The molecule has 6 nitrogen and oxygen atoms in total. The van der Waals surface area contributed by atoms with Gasteiger partial charge in [0.25, 0.3) is 0 Å². The minimum Gasteiger partial charge on any atom is -0.337 e. The minimum absolute atomic E-state index is 0.0507. The summed E-state index contributed by atoms with van der Waals surface area (Å²) in [6.07, 6.45) is 10.3. The van der Waals surface area contributed by atoms with Crippen molar-refractivity contribution in [3.05, 3.63) is 48.5 Å². The van der Waals surface area contributed by atoms with Crippen LogP contribution in [0.1, 0.15) is 58.1 Å². The second kappa shape index (κ2) is 10.4. The zero-order valence-electron chi connectivity index (χ0n) is 18.0. The van der Waals surface area contributed by atoms with Crippen molar-refractivity contribution in [2.45, 2.75) is 58.5 Å². The van der Waals surface area contributed by atoms with E-state index in [4.69, 9.17) is 0 Å². The summed E-state index contributed by atoms with van der Waals surface area (Å²) in [7, 11) is 0. The fourth-order valence-corrected chi connectivity index (χ4v) is 4.38. The maximum Gasteiger partial charge on any atom is 0.315 e. The van der Waals surface area contributed by atoms with Crippen LogP contribution in [0.15, 0.2) is 43.0 Å². The van der Waals surface area contributed by atoms with Crippen molar-refractivity contribution in [1.29, 1.82) is 0 Å². The van der Waals surface area contributed by atoms with E-state index in [1.807, 2.05) is 29.8 Å². The number of amides is 2. The summed E-state index contributed by atoms with van der Waals surface area (Å²) in [5.74, 6) is 0.626. The zero-order valence-corrected chi connectivity index (χ0v) is 18.0. The smallest absolute Gasteiger partial charge is 0.315 e. The van der Waals surface area contributed by atoms with E-state index in [-0.39, 0.29) is 12.1 Å². The van der Waals surface area contributed by atoms with E-state index in [1.165, 1.54) is 12.8 Å². The molecule has 1 saturated heterocycles. The van der Waals surface area contributed by atoms with Crippen molar-refractivity contribution in [2.24, 2.45) is 5.92 Å². The Morgan fingerprint density at radius 2 is 1.83 bits per heavy atom. The largest absolute Gasteiger partial charge is 0.337 e. The van der Waals surface area contributed by atoms with Crippen LogP contribution < -0.4 is 10.6 Å². The predicted octanol–water partition coefficient (Wildman–Crippen LogP) is 4.13. The van der Waals surface area contributed by atoms with Crippen molar-refractivity contribution < 1.29 is 4.79 Å². The second-order valence-corrected chi connectivity index (χ2v) is 8.02. The number of hydrogen-bond acceptors (Lipinski definition) is 3. The first kappa shape index (κ1) is 21.4. The van der Waals surface area contributed by atoms with E-state index in [2.05, 4.69) is 46.5 Å². The topological polar surface area (TPSA) is 62.2 Å². The highest BCUT2D eigenvalue weighted by Gasteiger charge is 2.27. The number of carbonyl (C=O) groups is 1. The van der Waals surface area contributed by atoms with E-state index in [0.29, 0.717) is 18.5 Å². The van der Waals surface area contributed by atoms with Crippen molar-refractivity contribution in [3.63, 3.8) is 0 Å². The Labute approximate surface area is 174 Å². The molecular formula is C23H35N5O. The van der Waals surface area contributed by atoms with Crippen molar-refractivity contribution in [2.75, 3.05) is 19.6 Å². The predicted molar refractivity (Wildman–Crippen MR) is 117 cm³/mol. The number of likely N-dealkylation sites (tertiary alicyclic amines) is 1. The average Bonchev–Trinajstić information content (AvgIpc) is 3.45. The Hall–Kier alpha value is -2.34. The SMILES string of the molecule is CCC(CC)C(CNC(=O)NC(C)c1ccc(-n2ccnc2)cc1)N1CCCC1. The summed E-state index contributed by atoms with van der Waals surface area (Å²) in [5, 5.41) is 6.22. The number of urea groups is 1. The number of nitrogens with one attached hydrogen (secondary N) is 2. The quantitative estimate of drug-likeness (QED) is 0.669. The summed E-state index contributed by atoms with van der Waals surface area (Å²) >= 11 is 0. The first-order valence-electron chi connectivity index (χ1n) is 11.0. The highest BCUT2D eigenvalue weighted by Crippen LogP contribution is 2.22. The third kappa shape index (κ3) is 5.60. The molecule has 0 spiro atoms. The molecule has 1 aliphatic heterocycles. The van der Waals surface area contributed by atoms with E-state index < -0.39 is 0 Å². The second-order valence-electron chi connectivity index (χ2n) is 8.02. The number of nitrogens with zero attached hydrogens (tertiary/aromatic N) is 3.